The van der Waals surface area contributed by atoms with Gasteiger partial charge in [0.1, 0.15) is 11.6 Å². The Morgan fingerprint density at radius 3 is 2.78 bits per heavy atom. The average Bonchev–Trinajstić information content (AvgIpc) is 3.05. The fourth-order valence-corrected chi connectivity index (χ4v) is 3.87. The van der Waals surface area contributed by atoms with Crippen molar-refractivity contribution in [2.45, 2.75) is 12.3 Å². The number of carbonyl (C=O) groups is 1. The maximum absolute atomic E-state index is 13.8. The van der Waals surface area contributed by atoms with Crippen LogP contribution in [0.5, 0.6) is 0 Å². The lowest BCUT2D eigenvalue weighted by molar-refractivity contribution is -0.116. The highest BCUT2D eigenvalue weighted by atomic mass is 19.1. The van der Waals surface area contributed by atoms with Gasteiger partial charge in [0, 0.05) is 19.4 Å². The molecule has 1 unspecified atom stereocenters. The van der Waals surface area contributed by atoms with Gasteiger partial charge >= 0.3 is 0 Å². The number of carbonyl (C=O) groups excluding carboxylic acids is 1. The van der Waals surface area contributed by atoms with Crippen LogP contribution in [0.25, 0.3) is 16.8 Å². The molecule has 0 bridgehead atoms. The lowest BCUT2D eigenvalue weighted by atomic mass is 9.86. The Bertz CT molecular complexity index is 1300. The second kappa shape index (κ2) is 5.51. The lowest BCUT2D eigenvalue weighted by Crippen LogP contribution is -2.35. The summed E-state index contributed by atoms with van der Waals surface area (Å²) in [7, 11) is 1.66. The molecule has 5 rings (SSSR count). The number of aromatic nitrogens is 3. The number of rotatable bonds is 1. The van der Waals surface area contributed by atoms with E-state index in [1.54, 1.807) is 23.6 Å². The summed E-state index contributed by atoms with van der Waals surface area (Å²) in [5.41, 5.74) is 2.31. The van der Waals surface area contributed by atoms with Crippen LogP contribution in [-0.2, 0) is 11.8 Å². The average molecular weight is 362 g/mol. The smallest absolute Gasteiger partial charge is 0.260 e. The third-order valence-electron chi connectivity index (χ3n) is 5.10. The van der Waals surface area contributed by atoms with Crippen LogP contribution >= 0.6 is 0 Å². The summed E-state index contributed by atoms with van der Waals surface area (Å²) in [4.78, 5) is 30.1. The number of nitrogens with one attached hydrogen (secondary N) is 1. The quantitative estimate of drug-likeness (QED) is 0.566. The second-order valence-electron chi connectivity index (χ2n) is 6.72. The molecule has 1 atom stereocenters. The van der Waals surface area contributed by atoms with E-state index in [1.165, 1.54) is 16.7 Å². The molecular formula is C20H15FN4O2. The summed E-state index contributed by atoms with van der Waals surface area (Å²) < 4.78 is 17.0. The van der Waals surface area contributed by atoms with Gasteiger partial charge in [-0.25, -0.2) is 9.37 Å². The molecule has 0 fully saturated rings. The molecule has 6 nitrogen and oxygen atoms in total. The third kappa shape index (κ3) is 2.21. The predicted molar refractivity (Wildman–Crippen MR) is 99.4 cm³/mol. The molecular weight excluding hydrogens is 347 g/mol. The largest absolute Gasteiger partial charge is 0.311 e. The molecule has 1 N–H and O–H groups in total. The van der Waals surface area contributed by atoms with Crippen LogP contribution in [0.2, 0.25) is 0 Å². The van der Waals surface area contributed by atoms with Gasteiger partial charge in [0.2, 0.25) is 11.7 Å². The van der Waals surface area contributed by atoms with E-state index in [-0.39, 0.29) is 17.9 Å². The molecule has 0 aliphatic carbocycles. The van der Waals surface area contributed by atoms with Gasteiger partial charge in [-0.3, -0.25) is 18.6 Å². The first-order chi connectivity index (χ1) is 13.0. The SMILES string of the molecule is Cn1c(=O)c2c(n3c4ccccc4nc13)NC(=O)CC2c1cccc(F)c1. The Labute approximate surface area is 152 Å². The molecule has 1 aliphatic heterocycles. The normalized spacial score (nSPS) is 16.5. The molecule has 2 aromatic carbocycles. The van der Waals surface area contributed by atoms with Gasteiger partial charge < -0.3 is 5.32 Å². The van der Waals surface area contributed by atoms with Crippen molar-refractivity contribution in [3.63, 3.8) is 0 Å². The fourth-order valence-electron chi connectivity index (χ4n) is 3.87. The monoisotopic (exact) mass is 362 g/mol. The number of halogens is 1. The summed E-state index contributed by atoms with van der Waals surface area (Å²) in [6.45, 7) is 0. The van der Waals surface area contributed by atoms with Gasteiger partial charge in [0.15, 0.2) is 0 Å². The first kappa shape index (κ1) is 15.7. The van der Waals surface area contributed by atoms with Crippen molar-refractivity contribution in [1.29, 1.82) is 0 Å². The van der Waals surface area contributed by atoms with Crippen molar-refractivity contribution in [3.05, 3.63) is 75.8 Å². The van der Waals surface area contributed by atoms with Crippen molar-refractivity contribution in [3.8, 4) is 0 Å². The van der Waals surface area contributed by atoms with Gasteiger partial charge in [0.25, 0.3) is 5.56 Å². The van der Waals surface area contributed by atoms with Crippen LogP contribution in [0.4, 0.5) is 10.2 Å². The maximum Gasteiger partial charge on any atom is 0.260 e. The Kier molecular flexibility index (Phi) is 3.21. The molecule has 134 valence electrons. The number of hydrogen-bond acceptors (Lipinski definition) is 3. The molecule has 0 spiro atoms. The van der Waals surface area contributed by atoms with E-state index in [9.17, 15) is 14.0 Å². The minimum Gasteiger partial charge on any atom is -0.311 e. The zero-order valence-electron chi connectivity index (χ0n) is 14.4. The van der Waals surface area contributed by atoms with Crippen molar-refractivity contribution >= 4 is 28.5 Å². The van der Waals surface area contributed by atoms with Crippen molar-refractivity contribution < 1.29 is 9.18 Å². The summed E-state index contributed by atoms with van der Waals surface area (Å²) >= 11 is 0. The number of anilines is 1. The zero-order chi connectivity index (χ0) is 18.7. The van der Waals surface area contributed by atoms with Gasteiger partial charge in [-0.2, -0.15) is 0 Å². The number of hydrogen-bond donors (Lipinski definition) is 1. The van der Waals surface area contributed by atoms with Crippen molar-refractivity contribution in [2.75, 3.05) is 5.32 Å². The van der Waals surface area contributed by atoms with Crippen LogP contribution in [0.3, 0.4) is 0 Å². The highest BCUT2D eigenvalue weighted by Gasteiger charge is 2.33. The highest BCUT2D eigenvalue weighted by Crippen LogP contribution is 2.36. The number of para-hydroxylation sites is 2. The lowest BCUT2D eigenvalue weighted by Gasteiger charge is -2.26. The molecule has 0 saturated carbocycles. The van der Waals surface area contributed by atoms with Crippen LogP contribution in [-0.4, -0.2) is 19.9 Å². The summed E-state index contributed by atoms with van der Waals surface area (Å²) in [6.07, 6.45) is 0.0871. The van der Waals surface area contributed by atoms with Crippen LogP contribution in [0.1, 0.15) is 23.5 Å². The van der Waals surface area contributed by atoms with E-state index in [0.717, 1.165) is 11.0 Å². The summed E-state index contributed by atoms with van der Waals surface area (Å²) in [5, 5.41) is 2.84. The number of fused-ring (bicyclic) bond motifs is 5. The van der Waals surface area contributed by atoms with Gasteiger partial charge in [-0.15, -0.1) is 0 Å². The number of nitrogens with zero attached hydrogens (tertiary/aromatic N) is 3. The van der Waals surface area contributed by atoms with E-state index in [0.29, 0.717) is 22.7 Å². The van der Waals surface area contributed by atoms with Crippen LogP contribution in [0, 0.1) is 5.82 Å². The molecule has 0 saturated heterocycles. The van der Waals surface area contributed by atoms with E-state index in [1.807, 2.05) is 24.3 Å². The Balaban J connectivity index is 1.92. The molecule has 7 heteroatoms. The van der Waals surface area contributed by atoms with E-state index < -0.39 is 11.7 Å². The van der Waals surface area contributed by atoms with Gasteiger partial charge in [-0.1, -0.05) is 24.3 Å². The third-order valence-corrected chi connectivity index (χ3v) is 5.10. The van der Waals surface area contributed by atoms with Crippen LogP contribution < -0.4 is 10.9 Å². The van der Waals surface area contributed by atoms with E-state index >= 15 is 0 Å². The molecule has 0 radical (unpaired) electrons. The summed E-state index contributed by atoms with van der Waals surface area (Å²) in [5.74, 6) is -0.281. The number of aryl methyl sites for hydroxylation is 1. The standard InChI is InChI=1S/C20H15FN4O2/c1-24-19(27)17-13(11-5-4-6-12(21)9-11)10-16(26)23-18(17)25-15-8-3-2-7-14(15)22-20(24)25/h2-9,13H,10H2,1H3,(H,23,26). The fraction of sp³-hybridized carbons (Fsp3) is 0.150. The molecule has 4 aromatic rings. The molecule has 1 aliphatic rings. The Hall–Kier alpha value is -3.48. The molecule has 27 heavy (non-hydrogen) atoms. The minimum absolute atomic E-state index is 0.0871. The van der Waals surface area contributed by atoms with Crippen molar-refractivity contribution in [1.82, 2.24) is 14.0 Å². The topological polar surface area (TPSA) is 68.4 Å². The van der Waals surface area contributed by atoms with Gasteiger partial charge in [-0.05, 0) is 29.8 Å². The van der Waals surface area contributed by atoms with Gasteiger partial charge in [0.05, 0.1) is 16.6 Å². The predicted octanol–water partition coefficient (Wildman–Crippen LogP) is 2.80. The van der Waals surface area contributed by atoms with E-state index in [2.05, 4.69) is 10.3 Å². The molecule has 1 amide bonds. The minimum atomic E-state index is -0.520. The Morgan fingerprint density at radius 1 is 1.15 bits per heavy atom. The Morgan fingerprint density at radius 2 is 1.96 bits per heavy atom. The summed E-state index contributed by atoms with van der Waals surface area (Å²) in [6, 6.07) is 13.5. The van der Waals surface area contributed by atoms with Crippen molar-refractivity contribution in [2.24, 2.45) is 7.05 Å². The number of imidazole rings is 1. The highest BCUT2D eigenvalue weighted by molar-refractivity contribution is 5.96. The molecule has 3 heterocycles. The maximum atomic E-state index is 13.8. The second-order valence-corrected chi connectivity index (χ2v) is 6.72. The van der Waals surface area contributed by atoms with E-state index in [4.69, 9.17) is 0 Å². The number of benzene rings is 2. The first-order valence-corrected chi connectivity index (χ1v) is 8.60. The zero-order valence-corrected chi connectivity index (χ0v) is 14.4. The van der Waals surface area contributed by atoms with Crippen LogP contribution in [0.15, 0.2) is 53.3 Å². The number of amides is 1. The first-order valence-electron chi connectivity index (χ1n) is 8.60. The molecule has 2 aromatic heterocycles.